The van der Waals surface area contributed by atoms with Gasteiger partial charge in [-0.1, -0.05) is 6.07 Å². The van der Waals surface area contributed by atoms with Crippen molar-refractivity contribution in [3.8, 4) is 5.88 Å². The molecule has 0 bridgehead atoms. The van der Waals surface area contributed by atoms with Gasteiger partial charge >= 0.3 is 0 Å². The van der Waals surface area contributed by atoms with Gasteiger partial charge in [-0.3, -0.25) is 0 Å². The summed E-state index contributed by atoms with van der Waals surface area (Å²) < 4.78 is 5.46. The van der Waals surface area contributed by atoms with Crippen LogP contribution in [0.3, 0.4) is 0 Å². The van der Waals surface area contributed by atoms with Crippen LogP contribution in [0.1, 0.15) is 4.88 Å². The van der Waals surface area contributed by atoms with Crippen molar-refractivity contribution in [1.29, 1.82) is 0 Å². The van der Waals surface area contributed by atoms with Crippen molar-refractivity contribution in [2.24, 2.45) is 5.84 Å². The van der Waals surface area contributed by atoms with Gasteiger partial charge in [0, 0.05) is 10.9 Å². The zero-order valence-electron chi connectivity index (χ0n) is 8.38. The van der Waals surface area contributed by atoms with Crippen molar-refractivity contribution in [2.45, 2.75) is 6.61 Å². The van der Waals surface area contributed by atoms with Gasteiger partial charge < -0.3 is 15.9 Å². The lowest BCUT2D eigenvalue weighted by Crippen LogP contribution is -2.11. The molecule has 0 aliphatic carbocycles. The molecule has 0 atom stereocenters. The minimum Gasteiger partial charge on any atom is -0.472 e. The molecule has 0 saturated carbocycles. The third-order valence-corrected chi connectivity index (χ3v) is 2.66. The molecule has 0 saturated heterocycles. The summed E-state index contributed by atoms with van der Waals surface area (Å²) >= 11 is 1.62. The SMILES string of the molecule is NNc1cc(OCc2cccs2)nc(N)n1. The highest BCUT2D eigenvalue weighted by Crippen LogP contribution is 2.16. The summed E-state index contributed by atoms with van der Waals surface area (Å²) in [5, 5.41) is 1.99. The molecule has 0 unspecified atom stereocenters. The summed E-state index contributed by atoms with van der Waals surface area (Å²) in [6, 6.07) is 5.53. The number of nitrogens with zero attached hydrogens (tertiary/aromatic N) is 2. The standard InChI is InChI=1S/C9H11N5OS/c10-9-12-7(14-11)4-8(13-9)15-5-6-2-1-3-16-6/h1-4H,5,11H2,(H3,10,12,13,14). The zero-order valence-corrected chi connectivity index (χ0v) is 9.20. The van der Waals surface area contributed by atoms with Gasteiger partial charge in [0.05, 0.1) is 0 Å². The molecule has 0 aromatic carbocycles. The lowest BCUT2D eigenvalue weighted by atomic mass is 10.5. The lowest BCUT2D eigenvalue weighted by Gasteiger charge is -2.06. The molecule has 5 N–H and O–H groups in total. The Hall–Kier alpha value is -1.86. The van der Waals surface area contributed by atoms with Gasteiger partial charge in [0.2, 0.25) is 11.8 Å². The molecule has 2 aromatic heterocycles. The summed E-state index contributed by atoms with van der Waals surface area (Å²) in [5.41, 5.74) is 7.88. The van der Waals surface area contributed by atoms with Crippen molar-refractivity contribution in [2.75, 3.05) is 11.2 Å². The number of hydrogen-bond acceptors (Lipinski definition) is 7. The molecule has 84 valence electrons. The number of hydrazine groups is 1. The maximum Gasteiger partial charge on any atom is 0.225 e. The van der Waals surface area contributed by atoms with E-state index in [9.17, 15) is 0 Å². The highest BCUT2D eigenvalue weighted by Gasteiger charge is 2.03. The molecule has 0 amide bonds. The summed E-state index contributed by atoms with van der Waals surface area (Å²) in [6.45, 7) is 0.456. The van der Waals surface area contributed by atoms with Crippen LogP contribution < -0.4 is 21.7 Å². The Morgan fingerprint density at radius 1 is 1.44 bits per heavy atom. The number of rotatable bonds is 4. The molecule has 16 heavy (non-hydrogen) atoms. The first kappa shape index (κ1) is 10.7. The van der Waals surface area contributed by atoms with E-state index in [1.807, 2.05) is 17.5 Å². The van der Waals surface area contributed by atoms with E-state index in [2.05, 4.69) is 15.4 Å². The van der Waals surface area contributed by atoms with Crippen molar-refractivity contribution in [1.82, 2.24) is 9.97 Å². The molecular formula is C9H11N5OS. The van der Waals surface area contributed by atoms with Gasteiger partial charge in [0.15, 0.2) is 0 Å². The minimum atomic E-state index is 0.122. The van der Waals surface area contributed by atoms with Crippen LogP contribution in [0, 0.1) is 0 Å². The van der Waals surface area contributed by atoms with Crippen LogP contribution in [-0.4, -0.2) is 9.97 Å². The Labute approximate surface area is 96.2 Å². The monoisotopic (exact) mass is 237 g/mol. The van der Waals surface area contributed by atoms with Crippen LogP contribution in [0.2, 0.25) is 0 Å². The zero-order chi connectivity index (χ0) is 11.4. The number of nitrogens with two attached hydrogens (primary N) is 2. The third kappa shape index (κ3) is 2.59. The number of aromatic nitrogens is 2. The van der Waals surface area contributed by atoms with E-state index >= 15 is 0 Å². The molecule has 2 rings (SSSR count). The first-order valence-electron chi connectivity index (χ1n) is 4.54. The minimum absolute atomic E-state index is 0.122. The van der Waals surface area contributed by atoms with Crippen LogP contribution in [0.4, 0.5) is 11.8 Å². The first-order chi connectivity index (χ1) is 7.78. The van der Waals surface area contributed by atoms with Gasteiger partial charge in [-0.05, 0) is 11.4 Å². The number of nitrogen functional groups attached to an aromatic ring is 2. The smallest absolute Gasteiger partial charge is 0.225 e. The third-order valence-electron chi connectivity index (χ3n) is 1.81. The predicted octanol–water partition coefficient (Wildman–Crippen LogP) is 0.985. The summed E-state index contributed by atoms with van der Waals surface area (Å²) in [6.07, 6.45) is 0. The van der Waals surface area contributed by atoms with Crippen molar-refractivity contribution < 1.29 is 4.74 Å². The maximum atomic E-state index is 5.49. The molecule has 0 spiro atoms. The van der Waals surface area contributed by atoms with Gasteiger partial charge in [0.25, 0.3) is 0 Å². The highest BCUT2D eigenvalue weighted by atomic mass is 32.1. The van der Waals surface area contributed by atoms with Crippen LogP contribution in [0.15, 0.2) is 23.6 Å². The van der Waals surface area contributed by atoms with Gasteiger partial charge in [-0.2, -0.15) is 9.97 Å². The Morgan fingerprint density at radius 2 is 2.31 bits per heavy atom. The number of thiophene rings is 1. The lowest BCUT2D eigenvalue weighted by molar-refractivity contribution is 0.297. The largest absolute Gasteiger partial charge is 0.472 e. The average molecular weight is 237 g/mol. The van der Waals surface area contributed by atoms with E-state index in [4.69, 9.17) is 16.3 Å². The van der Waals surface area contributed by atoms with Crippen LogP contribution >= 0.6 is 11.3 Å². The molecule has 2 aromatic rings. The van der Waals surface area contributed by atoms with Crippen LogP contribution in [0.5, 0.6) is 5.88 Å². The molecule has 2 heterocycles. The quantitative estimate of drug-likeness (QED) is 0.541. The summed E-state index contributed by atoms with van der Waals surface area (Å²) in [4.78, 5) is 8.90. The van der Waals surface area contributed by atoms with E-state index < -0.39 is 0 Å². The van der Waals surface area contributed by atoms with Crippen molar-refractivity contribution in [3.05, 3.63) is 28.5 Å². The average Bonchev–Trinajstić information content (AvgIpc) is 2.78. The first-order valence-corrected chi connectivity index (χ1v) is 5.42. The topological polar surface area (TPSA) is 99.1 Å². The molecule has 0 aliphatic rings. The van der Waals surface area contributed by atoms with E-state index in [1.165, 1.54) is 0 Å². The molecule has 7 heteroatoms. The molecular weight excluding hydrogens is 226 g/mol. The second-order valence-electron chi connectivity index (χ2n) is 2.96. The Kier molecular flexibility index (Phi) is 3.18. The number of hydrogen-bond donors (Lipinski definition) is 3. The highest BCUT2D eigenvalue weighted by molar-refractivity contribution is 7.09. The molecule has 0 fully saturated rings. The second-order valence-corrected chi connectivity index (χ2v) is 3.99. The summed E-state index contributed by atoms with van der Waals surface area (Å²) in [5.74, 6) is 6.17. The van der Waals surface area contributed by atoms with Crippen LogP contribution in [0.25, 0.3) is 0 Å². The van der Waals surface area contributed by atoms with Crippen LogP contribution in [-0.2, 0) is 6.61 Å². The second kappa shape index (κ2) is 4.77. The van der Waals surface area contributed by atoms with Crippen molar-refractivity contribution >= 4 is 23.1 Å². The fourth-order valence-corrected chi connectivity index (χ4v) is 1.75. The van der Waals surface area contributed by atoms with Gasteiger partial charge in [0.1, 0.15) is 12.4 Å². The normalized spacial score (nSPS) is 10.1. The number of anilines is 2. The maximum absolute atomic E-state index is 5.49. The Bertz CT molecular complexity index is 459. The summed E-state index contributed by atoms with van der Waals surface area (Å²) in [7, 11) is 0. The van der Waals surface area contributed by atoms with E-state index in [0.717, 1.165) is 4.88 Å². The fourth-order valence-electron chi connectivity index (χ4n) is 1.13. The van der Waals surface area contributed by atoms with E-state index in [1.54, 1.807) is 17.4 Å². The fraction of sp³-hybridized carbons (Fsp3) is 0.111. The Morgan fingerprint density at radius 3 is 3.00 bits per heavy atom. The molecule has 6 nitrogen and oxygen atoms in total. The van der Waals surface area contributed by atoms with Gasteiger partial charge in [-0.15, -0.1) is 11.3 Å². The molecule has 0 aliphatic heterocycles. The van der Waals surface area contributed by atoms with Crippen molar-refractivity contribution in [3.63, 3.8) is 0 Å². The van der Waals surface area contributed by atoms with Gasteiger partial charge in [-0.25, -0.2) is 5.84 Å². The predicted molar refractivity (Wildman–Crippen MR) is 62.9 cm³/mol. The van der Waals surface area contributed by atoms with E-state index in [0.29, 0.717) is 18.3 Å². The number of nitrogens with one attached hydrogen (secondary N) is 1. The Balaban J connectivity index is 2.06. The van der Waals surface area contributed by atoms with E-state index in [-0.39, 0.29) is 5.95 Å². The number of ether oxygens (including phenoxy) is 1. The molecule has 0 radical (unpaired) electrons.